The highest BCUT2D eigenvalue weighted by Crippen LogP contribution is 2.21. The maximum atomic E-state index is 5.43. The van der Waals surface area contributed by atoms with E-state index in [1.54, 1.807) is 22.3 Å². The molecule has 2 aromatic heterocycles. The van der Waals surface area contributed by atoms with Gasteiger partial charge in [-0.15, -0.1) is 16.4 Å². The molecule has 0 amide bonds. The molecule has 0 aliphatic rings. The molecule has 2 aromatic rings. The molecule has 2 heterocycles. The maximum absolute atomic E-state index is 5.43. The molecule has 0 saturated carbocycles. The number of thiophene rings is 1. The van der Waals surface area contributed by atoms with Gasteiger partial charge < -0.3 is 5.73 Å². The molecule has 5 heteroatoms. The van der Waals surface area contributed by atoms with Crippen molar-refractivity contribution >= 4 is 17.3 Å². The number of rotatable bonds is 2. The third-order valence-electron chi connectivity index (χ3n) is 2.09. The summed E-state index contributed by atoms with van der Waals surface area (Å²) in [6.07, 6.45) is 1.65. The Morgan fingerprint density at radius 3 is 2.79 bits per heavy atom. The molecule has 0 aliphatic heterocycles. The lowest BCUT2D eigenvalue weighted by molar-refractivity contribution is 0.695. The molecule has 0 aromatic carbocycles. The molecule has 0 aliphatic carbocycles. The van der Waals surface area contributed by atoms with Crippen molar-refractivity contribution in [1.82, 2.24) is 14.8 Å². The Kier molecular flexibility index (Phi) is 2.25. The highest BCUT2D eigenvalue weighted by atomic mass is 32.1. The molecular formula is C9H12N4S. The fourth-order valence-electron chi connectivity index (χ4n) is 1.27. The fraction of sp³-hybridized carbons (Fsp3) is 0.333. The van der Waals surface area contributed by atoms with Crippen LogP contribution >= 0.6 is 11.3 Å². The van der Waals surface area contributed by atoms with E-state index in [4.69, 9.17) is 5.73 Å². The summed E-state index contributed by atoms with van der Waals surface area (Å²) in [6, 6.07) is 2.18. The molecule has 0 saturated heterocycles. The van der Waals surface area contributed by atoms with E-state index in [2.05, 4.69) is 30.0 Å². The van der Waals surface area contributed by atoms with Crippen LogP contribution in [0.3, 0.4) is 0 Å². The van der Waals surface area contributed by atoms with Crippen LogP contribution in [0.4, 0.5) is 5.95 Å². The zero-order valence-electron chi connectivity index (χ0n) is 8.19. The average molecular weight is 208 g/mol. The van der Waals surface area contributed by atoms with E-state index in [1.165, 1.54) is 15.3 Å². The normalized spacial score (nSPS) is 10.7. The van der Waals surface area contributed by atoms with Crippen molar-refractivity contribution in [3.63, 3.8) is 0 Å². The molecule has 0 fully saturated rings. The minimum atomic E-state index is 0.329. The quantitative estimate of drug-likeness (QED) is 0.815. The van der Waals surface area contributed by atoms with Gasteiger partial charge in [-0.2, -0.15) is 0 Å². The van der Waals surface area contributed by atoms with E-state index in [1.807, 2.05) is 0 Å². The van der Waals surface area contributed by atoms with E-state index in [0.29, 0.717) is 5.95 Å². The summed E-state index contributed by atoms with van der Waals surface area (Å²) in [5.41, 5.74) is 6.76. The molecule has 0 atom stereocenters. The van der Waals surface area contributed by atoms with Crippen molar-refractivity contribution in [3.8, 4) is 0 Å². The summed E-state index contributed by atoms with van der Waals surface area (Å²) in [5.74, 6) is 0.329. The predicted octanol–water partition coefficient (Wildman–Crippen LogP) is 1.59. The Morgan fingerprint density at radius 1 is 1.50 bits per heavy atom. The van der Waals surface area contributed by atoms with Crippen LogP contribution in [0.2, 0.25) is 0 Å². The van der Waals surface area contributed by atoms with E-state index < -0.39 is 0 Å². The number of hydrogen-bond donors (Lipinski definition) is 1. The lowest BCUT2D eigenvalue weighted by Crippen LogP contribution is -1.99. The summed E-state index contributed by atoms with van der Waals surface area (Å²) >= 11 is 1.79. The second-order valence-corrected chi connectivity index (χ2v) is 4.59. The molecule has 2 rings (SSSR count). The first kappa shape index (κ1) is 9.21. The van der Waals surface area contributed by atoms with E-state index in [0.717, 1.165) is 6.54 Å². The van der Waals surface area contributed by atoms with Crippen LogP contribution < -0.4 is 5.73 Å². The molecule has 4 nitrogen and oxygen atoms in total. The Balaban J connectivity index is 2.18. The second-order valence-electron chi connectivity index (χ2n) is 3.25. The number of hydrogen-bond acceptors (Lipinski definition) is 4. The van der Waals surface area contributed by atoms with Gasteiger partial charge in [-0.05, 0) is 25.5 Å². The van der Waals surface area contributed by atoms with Crippen LogP contribution in [0.15, 0.2) is 12.4 Å². The van der Waals surface area contributed by atoms with E-state index >= 15 is 0 Å². The Labute approximate surface area is 86.4 Å². The lowest BCUT2D eigenvalue weighted by Gasteiger charge is -1.94. The predicted molar refractivity (Wildman–Crippen MR) is 57.3 cm³/mol. The van der Waals surface area contributed by atoms with E-state index in [9.17, 15) is 0 Å². The SMILES string of the molecule is Cc1cc(Cn2cnc(N)n2)sc1C. The summed E-state index contributed by atoms with van der Waals surface area (Å²) in [7, 11) is 0. The van der Waals surface area contributed by atoms with Gasteiger partial charge in [0.2, 0.25) is 5.95 Å². The van der Waals surface area contributed by atoms with Gasteiger partial charge in [0.15, 0.2) is 0 Å². The first-order valence-corrected chi connectivity index (χ1v) is 5.17. The van der Waals surface area contributed by atoms with Crippen LogP contribution in [-0.2, 0) is 6.54 Å². The second kappa shape index (κ2) is 3.42. The molecule has 0 unspecified atom stereocenters. The monoisotopic (exact) mass is 208 g/mol. The zero-order valence-corrected chi connectivity index (χ0v) is 9.01. The van der Waals surface area contributed by atoms with Crippen LogP contribution in [0, 0.1) is 13.8 Å². The van der Waals surface area contributed by atoms with Gasteiger partial charge in [0.05, 0.1) is 6.54 Å². The number of aromatic nitrogens is 3. The van der Waals surface area contributed by atoms with Crippen molar-refractivity contribution in [2.24, 2.45) is 0 Å². The van der Waals surface area contributed by atoms with Crippen molar-refractivity contribution in [3.05, 3.63) is 27.7 Å². The number of anilines is 1. The van der Waals surface area contributed by atoms with Crippen LogP contribution in [0.25, 0.3) is 0 Å². The van der Waals surface area contributed by atoms with E-state index in [-0.39, 0.29) is 0 Å². The smallest absolute Gasteiger partial charge is 0.239 e. The molecule has 2 N–H and O–H groups in total. The minimum Gasteiger partial charge on any atom is -0.367 e. The Morgan fingerprint density at radius 2 is 2.29 bits per heavy atom. The first-order chi connectivity index (χ1) is 6.65. The van der Waals surface area contributed by atoms with Crippen molar-refractivity contribution in [2.45, 2.75) is 20.4 Å². The summed E-state index contributed by atoms with van der Waals surface area (Å²) in [6.45, 7) is 4.99. The summed E-state index contributed by atoms with van der Waals surface area (Å²) < 4.78 is 1.75. The fourth-order valence-corrected chi connectivity index (χ4v) is 2.32. The minimum absolute atomic E-state index is 0.329. The van der Waals surface area contributed by atoms with Gasteiger partial charge in [-0.25, -0.2) is 9.67 Å². The molecule has 14 heavy (non-hydrogen) atoms. The molecule has 74 valence electrons. The number of nitrogens with two attached hydrogens (primary N) is 1. The number of nitrogens with zero attached hydrogens (tertiary/aromatic N) is 3. The summed E-state index contributed by atoms with van der Waals surface area (Å²) in [4.78, 5) is 6.51. The van der Waals surface area contributed by atoms with Crippen LogP contribution in [0.1, 0.15) is 15.3 Å². The molecule has 0 bridgehead atoms. The Hall–Kier alpha value is -1.36. The van der Waals surface area contributed by atoms with Gasteiger partial charge in [-0.1, -0.05) is 0 Å². The number of nitrogen functional groups attached to an aromatic ring is 1. The van der Waals surface area contributed by atoms with Gasteiger partial charge in [0.1, 0.15) is 6.33 Å². The third-order valence-corrected chi connectivity index (χ3v) is 3.23. The maximum Gasteiger partial charge on any atom is 0.239 e. The third kappa shape index (κ3) is 1.77. The lowest BCUT2D eigenvalue weighted by atomic mass is 10.3. The van der Waals surface area contributed by atoms with Gasteiger partial charge in [0, 0.05) is 9.75 Å². The standard InChI is InChI=1S/C9H12N4S/c1-6-3-8(14-7(6)2)4-13-5-11-9(10)12-13/h3,5H,4H2,1-2H3,(H2,10,12). The Bertz CT molecular complexity index is 424. The zero-order chi connectivity index (χ0) is 10.1. The van der Waals surface area contributed by atoms with Crippen molar-refractivity contribution < 1.29 is 0 Å². The summed E-state index contributed by atoms with van der Waals surface area (Å²) in [5, 5.41) is 4.03. The van der Waals surface area contributed by atoms with Crippen LogP contribution in [-0.4, -0.2) is 14.8 Å². The van der Waals surface area contributed by atoms with Gasteiger partial charge >= 0.3 is 0 Å². The number of aryl methyl sites for hydroxylation is 2. The molecular weight excluding hydrogens is 196 g/mol. The average Bonchev–Trinajstić information content (AvgIpc) is 2.62. The van der Waals surface area contributed by atoms with Crippen molar-refractivity contribution in [2.75, 3.05) is 5.73 Å². The first-order valence-electron chi connectivity index (χ1n) is 4.36. The highest BCUT2D eigenvalue weighted by Gasteiger charge is 2.03. The molecule has 0 radical (unpaired) electrons. The molecule has 0 spiro atoms. The van der Waals surface area contributed by atoms with Gasteiger partial charge in [0.25, 0.3) is 0 Å². The topological polar surface area (TPSA) is 56.7 Å². The van der Waals surface area contributed by atoms with Crippen LogP contribution in [0.5, 0.6) is 0 Å². The van der Waals surface area contributed by atoms with Crippen molar-refractivity contribution in [1.29, 1.82) is 0 Å². The van der Waals surface area contributed by atoms with Gasteiger partial charge in [-0.3, -0.25) is 0 Å². The largest absolute Gasteiger partial charge is 0.367 e. The highest BCUT2D eigenvalue weighted by molar-refractivity contribution is 7.12.